The minimum Gasteiger partial charge on any atom is -0.305 e. The highest BCUT2D eigenvalue weighted by Gasteiger charge is 2.31. The molecular formula is C37H21F2N3. The van der Waals surface area contributed by atoms with E-state index in [1.54, 1.807) is 57.7 Å². The van der Waals surface area contributed by atoms with Gasteiger partial charge >= 0.3 is 0 Å². The van der Waals surface area contributed by atoms with Gasteiger partial charge in [0.2, 0.25) is 0 Å². The van der Waals surface area contributed by atoms with Crippen LogP contribution in [-0.2, 0) is 0 Å². The lowest BCUT2D eigenvalue weighted by Gasteiger charge is -2.20. The van der Waals surface area contributed by atoms with Crippen LogP contribution in [-0.4, -0.2) is 9.13 Å². The van der Waals surface area contributed by atoms with E-state index < -0.39 is 53.0 Å². The first-order valence-corrected chi connectivity index (χ1v) is 13.3. The molecule has 0 spiro atoms. The molecule has 0 saturated carbocycles. The van der Waals surface area contributed by atoms with Gasteiger partial charge in [0.25, 0.3) is 0 Å². The molecule has 198 valence electrons. The molecule has 0 aliphatic heterocycles. The van der Waals surface area contributed by atoms with Crippen LogP contribution >= 0.6 is 0 Å². The van der Waals surface area contributed by atoms with Crippen LogP contribution in [0.4, 0.5) is 8.78 Å². The van der Waals surface area contributed by atoms with Crippen molar-refractivity contribution in [3.05, 3.63) is 144 Å². The average molecular weight is 551 g/mol. The molecule has 2 heterocycles. The van der Waals surface area contributed by atoms with Gasteiger partial charge < -0.3 is 9.13 Å². The van der Waals surface area contributed by atoms with Gasteiger partial charge in [0, 0.05) is 21.5 Å². The van der Waals surface area contributed by atoms with Crippen molar-refractivity contribution < 1.29 is 15.6 Å². The van der Waals surface area contributed by atoms with Crippen molar-refractivity contribution in [3.63, 3.8) is 0 Å². The van der Waals surface area contributed by atoms with Crippen molar-refractivity contribution in [1.29, 1.82) is 5.26 Å². The third-order valence-corrected chi connectivity index (χ3v) is 7.80. The van der Waals surface area contributed by atoms with Crippen LogP contribution in [0.3, 0.4) is 0 Å². The predicted molar refractivity (Wildman–Crippen MR) is 165 cm³/mol. The highest BCUT2D eigenvalue weighted by Crippen LogP contribution is 2.43. The van der Waals surface area contributed by atoms with Crippen LogP contribution < -0.4 is 0 Å². The maximum absolute atomic E-state index is 17.5. The predicted octanol–water partition coefficient (Wildman–Crippen LogP) is 9.70. The standard InChI is InChI=1S/C37H21F2N3/c38-34-33(23-12-2-1-3-13-23)35(39)37(42-31-20-10-6-16-26(31)27-17-7-11-21-32(27)42)28(22-40)36(34)41-29-18-8-4-14-24(29)25-15-5-9-19-30(25)41/h1-21H/i1D,2D,3D,12D,13D. The molecule has 0 amide bonds. The molecule has 0 aliphatic carbocycles. The molecule has 0 N–H and O–H groups in total. The molecule has 8 aromatic rings. The van der Waals surface area contributed by atoms with Gasteiger partial charge in [0.05, 0.1) is 34.5 Å². The van der Waals surface area contributed by atoms with E-state index in [1.807, 2.05) is 48.5 Å². The Morgan fingerprint density at radius 3 is 1.26 bits per heavy atom. The summed E-state index contributed by atoms with van der Waals surface area (Å²) in [5.74, 6) is -2.46. The van der Waals surface area contributed by atoms with Gasteiger partial charge in [-0.15, -0.1) is 0 Å². The Hall–Kier alpha value is -5.73. The molecule has 0 aliphatic rings. The van der Waals surface area contributed by atoms with Crippen LogP contribution in [0, 0.1) is 23.0 Å². The van der Waals surface area contributed by atoms with Crippen molar-refractivity contribution >= 4 is 43.6 Å². The van der Waals surface area contributed by atoms with Gasteiger partial charge in [-0.05, 0) is 29.8 Å². The number of nitrogens with zero attached hydrogens (tertiary/aromatic N) is 3. The second kappa shape index (κ2) is 9.15. The molecule has 0 fully saturated rings. The second-order valence-corrected chi connectivity index (χ2v) is 9.93. The Morgan fingerprint density at radius 2 is 0.905 bits per heavy atom. The van der Waals surface area contributed by atoms with E-state index in [0.29, 0.717) is 22.1 Å². The van der Waals surface area contributed by atoms with Crippen molar-refractivity contribution in [1.82, 2.24) is 9.13 Å². The smallest absolute Gasteiger partial charge is 0.159 e. The molecule has 5 heteroatoms. The summed E-state index contributed by atoms with van der Waals surface area (Å²) >= 11 is 0. The normalized spacial score (nSPS) is 13.2. The number of para-hydroxylation sites is 4. The third kappa shape index (κ3) is 3.24. The molecule has 42 heavy (non-hydrogen) atoms. The first kappa shape index (κ1) is 19.4. The summed E-state index contributed by atoms with van der Waals surface area (Å²) in [5.41, 5.74) is -0.239. The number of aromatic nitrogens is 2. The Labute approximate surface area is 246 Å². The van der Waals surface area contributed by atoms with E-state index in [9.17, 15) is 5.26 Å². The van der Waals surface area contributed by atoms with E-state index in [-0.39, 0.29) is 16.9 Å². The summed E-state index contributed by atoms with van der Waals surface area (Å²) in [6.45, 7) is 0. The van der Waals surface area contributed by atoms with Crippen LogP contribution in [0.2, 0.25) is 0 Å². The lowest BCUT2D eigenvalue weighted by atomic mass is 9.98. The largest absolute Gasteiger partial charge is 0.305 e. The monoisotopic (exact) mass is 550 g/mol. The molecule has 6 aromatic carbocycles. The van der Waals surface area contributed by atoms with Gasteiger partial charge in [-0.2, -0.15) is 5.26 Å². The highest BCUT2D eigenvalue weighted by molar-refractivity contribution is 6.11. The fraction of sp³-hybridized carbons (Fsp3) is 0. The minimum atomic E-state index is -1.23. The van der Waals surface area contributed by atoms with Crippen LogP contribution in [0.15, 0.2) is 127 Å². The molecule has 0 unspecified atom stereocenters. The molecule has 0 atom stereocenters. The number of hydrogen-bond donors (Lipinski definition) is 0. The fourth-order valence-electron chi connectivity index (χ4n) is 6.11. The van der Waals surface area contributed by atoms with E-state index >= 15 is 8.78 Å². The van der Waals surface area contributed by atoms with E-state index in [2.05, 4.69) is 6.07 Å². The van der Waals surface area contributed by atoms with Crippen LogP contribution in [0.25, 0.3) is 66.1 Å². The van der Waals surface area contributed by atoms with Gasteiger partial charge in [0.1, 0.15) is 23.0 Å². The Bertz CT molecular complexity index is 2410. The Kier molecular flexibility index (Phi) is 4.22. The Morgan fingerprint density at radius 1 is 0.548 bits per heavy atom. The lowest BCUT2D eigenvalue weighted by Crippen LogP contribution is -2.12. The van der Waals surface area contributed by atoms with E-state index in [4.69, 9.17) is 6.85 Å². The number of halogens is 2. The quantitative estimate of drug-likeness (QED) is 0.216. The molecule has 2 aromatic heterocycles. The molecule has 8 rings (SSSR count). The third-order valence-electron chi connectivity index (χ3n) is 7.80. The first-order chi connectivity index (χ1) is 22.8. The SMILES string of the molecule is [2H]c1c([2H])c([2H])c(-c2c(F)c(-n3c4ccccc4c4ccccc43)c(C#N)c(-n3c4ccccc4c4ccccc43)c2F)c([2H])c1[2H]. The van der Waals surface area contributed by atoms with Crippen LogP contribution in [0.5, 0.6) is 0 Å². The summed E-state index contributed by atoms with van der Waals surface area (Å²) in [7, 11) is 0. The zero-order valence-corrected chi connectivity index (χ0v) is 21.8. The van der Waals surface area contributed by atoms with Crippen LogP contribution in [0.1, 0.15) is 12.4 Å². The van der Waals surface area contributed by atoms with Crippen molar-refractivity contribution in [2.45, 2.75) is 0 Å². The zero-order valence-electron chi connectivity index (χ0n) is 26.8. The fourth-order valence-corrected chi connectivity index (χ4v) is 6.11. The lowest BCUT2D eigenvalue weighted by molar-refractivity contribution is 0.581. The maximum atomic E-state index is 17.5. The highest BCUT2D eigenvalue weighted by atomic mass is 19.1. The van der Waals surface area contributed by atoms with Crippen molar-refractivity contribution in [3.8, 4) is 28.6 Å². The number of nitriles is 1. The van der Waals surface area contributed by atoms with E-state index in [1.165, 1.54) is 0 Å². The van der Waals surface area contributed by atoms with Gasteiger partial charge in [0.15, 0.2) is 11.6 Å². The average Bonchev–Trinajstić information content (AvgIpc) is 3.61. The number of hydrogen-bond acceptors (Lipinski definition) is 1. The summed E-state index contributed by atoms with van der Waals surface area (Å²) in [5, 5.41) is 13.9. The molecule has 3 nitrogen and oxygen atoms in total. The first-order valence-electron chi connectivity index (χ1n) is 15.8. The number of benzene rings is 6. The maximum Gasteiger partial charge on any atom is 0.159 e. The zero-order chi connectivity index (χ0) is 32.7. The van der Waals surface area contributed by atoms with Gasteiger partial charge in [-0.1, -0.05) is 103 Å². The van der Waals surface area contributed by atoms with E-state index in [0.717, 1.165) is 21.5 Å². The van der Waals surface area contributed by atoms with Gasteiger partial charge in [-0.25, -0.2) is 8.78 Å². The Balaban J connectivity index is 1.67. The van der Waals surface area contributed by atoms with Crippen molar-refractivity contribution in [2.75, 3.05) is 0 Å². The summed E-state index contributed by atoms with van der Waals surface area (Å²) in [6, 6.07) is 27.4. The molecular weight excluding hydrogens is 524 g/mol. The van der Waals surface area contributed by atoms with Gasteiger partial charge in [-0.3, -0.25) is 0 Å². The molecule has 0 bridgehead atoms. The second-order valence-electron chi connectivity index (χ2n) is 9.93. The molecule has 0 radical (unpaired) electrons. The van der Waals surface area contributed by atoms with Crippen molar-refractivity contribution in [2.24, 2.45) is 0 Å². The topological polar surface area (TPSA) is 33.6 Å². The summed E-state index contributed by atoms with van der Waals surface area (Å²) in [6.07, 6.45) is 0. The number of rotatable bonds is 3. The number of fused-ring (bicyclic) bond motifs is 6. The summed E-state index contributed by atoms with van der Waals surface area (Å²) in [4.78, 5) is 0. The summed E-state index contributed by atoms with van der Waals surface area (Å²) < 4.78 is 80.2. The minimum absolute atomic E-state index is 0.301. The molecule has 0 saturated heterocycles.